The lowest BCUT2D eigenvalue weighted by atomic mass is 9.97. The quantitative estimate of drug-likeness (QED) is 0.118. The third-order valence-electron chi connectivity index (χ3n) is 11.1. The molecular weight excluding hydrogens is 754 g/mol. The molecule has 5 N–H and O–H groups in total. The van der Waals surface area contributed by atoms with E-state index in [1.807, 2.05) is 17.0 Å². The summed E-state index contributed by atoms with van der Waals surface area (Å²) in [5.41, 5.74) is 3.33. The van der Waals surface area contributed by atoms with Crippen LogP contribution in [0, 0.1) is 0 Å². The van der Waals surface area contributed by atoms with Crippen LogP contribution < -0.4 is 26.2 Å². The molecule has 1 aliphatic carbocycles. The Balaban J connectivity index is 0.858. The van der Waals surface area contributed by atoms with Gasteiger partial charge < -0.3 is 30.9 Å². The first-order valence-corrected chi connectivity index (χ1v) is 19.8. The summed E-state index contributed by atoms with van der Waals surface area (Å²) in [5, 5.41) is 22.6. The van der Waals surface area contributed by atoms with Crippen LogP contribution in [0.15, 0.2) is 48.8 Å². The summed E-state index contributed by atoms with van der Waals surface area (Å²) in [6.45, 7) is 5.75. The van der Waals surface area contributed by atoms with Gasteiger partial charge in [-0.3, -0.25) is 39.0 Å². The normalized spacial score (nSPS) is 21.0. The molecule has 7 rings (SSSR count). The second-order valence-electron chi connectivity index (χ2n) is 14.8. The second-order valence-corrected chi connectivity index (χ2v) is 15.3. The van der Waals surface area contributed by atoms with Crippen molar-refractivity contribution in [1.29, 1.82) is 0 Å². The molecule has 1 aromatic heterocycles. The van der Waals surface area contributed by atoms with E-state index in [2.05, 4.69) is 43.1 Å². The third kappa shape index (κ3) is 8.48. The molecule has 0 bridgehead atoms. The minimum absolute atomic E-state index is 0.0167. The zero-order valence-corrected chi connectivity index (χ0v) is 32.4. The van der Waals surface area contributed by atoms with Crippen molar-refractivity contribution in [2.24, 2.45) is 0 Å². The summed E-state index contributed by atoms with van der Waals surface area (Å²) in [6, 6.07) is 11.1. The molecule has 2 saturated heterocycles. The van der Waals surface area contributed by atoms with E-state index < -0.39 is 41.7 Å². The van der Waals surface area contributed by atoms with Gasteiger partial charge in [0, 0.05) is 81.5 Å². The van der Waals surface area contributed by atoms with E-state index in [0.717, 1.165) is 21.8 Å². The molecule has 4 aliphatic rings. The lowest BCUT2D eigenvalue weighted by Crippen LogP contribution is -2.54. The van der Waals surface area contributed by atoms with Crippen LogP contribution in [0.3, 0.4) is 0 Å². The molecule has 0 saturated carbocycles. The largest absolute Gasteiger partial charge is 0.387 e. The number of nitrogens with zero attached hydrogens (tertiary/aromatic N) is 5. The Hall–Kier alpha value is -5.45. The number of halogens is 1. The van der Waals surface area contributed by atoms with Gasteiger partial charge in [0.15, 0.2) is 0 Å². The monoisotopic (exact) mass is 799 g/mol. The van der Waals surface area contributed by atoms with Gasteiger partial charge in [-0.25, -0.2) is 9.97 Å². The van der Waals surface area contributed by atoms with Gasteiger partial charge in [0.1, 0.15) is 18.2 Å². The smallest absolute Gasteiger partial charge is 0.264 e. The van der Waals surface area contributed by atoms with Gasteiger partial charge >= 0.3 is 0 Å². The predicted molar refractivity (Wildman–Crippen MR) is 210 cm³/mol. The summed E-state index contributed by atoms with van der Waals surface area (Å²) in [5.74, 6) is -1.95. The van der Waals surface area contributed by atoms with Crippen molar-refractivity contribution in [2.45, 2.75) is 63.0 Å². The first-order chi connectivity index (χ1) is 27.5. The van der Waals surface area contributed by atoms with Crippen LogP contribution in [0.1, 0.15) is 94.5 Å². The van der Waals surface area contributed by atoms with Gasteiger partial charge in [0.25, 0.3) is 11.8 Å². The Bertz CT molecular complexity index is 2060. The van der Waals surface area contributed by atoms with E-state index in [9.17, 15) is 33.9 Å². The summed E-state index contributed by atoms with van der Waals surface area (Å²) in [4.78, 5) is 91.0. The number of hydrogen-bond acceptors (Lipinski definition) is 12. The molecule has 2 fully saturated rings. The lowest BCUT2D eigenvalue weighted by molar-refractivity contribution is -0.136. The van der Waals surface area contributed by atoms with E-state index in [1.54, 1.807) is 24.3 Å². The van der Waals surface area contributed by atoms with E-state index in [1.165, 1.54) is 12.4 Å². The number of fused-ring (bicyclic) bond motifs is 2. The molecule has 0 radical (unpaired) electrons. The van der Waals surface area contributed by atoms with Crippen LogP contribution in [0.2, 0.25) is 5.02 Å². The average Bonchev–Trinajstić information content (AvgIpc) is 3.65. The maximum atomic E-state index is 14.0. The fraction of sp³-hybridized carbons (Fsp3) is 0.450. The molecule has 57 heavy (non-hydrogen) atoms. The van der Waals surface area contributed by atoms with Crippen molar-refractivity contribution in [3.8, 4) is 0 Å². The Morgan fingerprint density at radius 1 is 0.982 bits per heavy atom. The summed E-state index contributed by atoms with van der Waals surface area (Å²) in [6.07, 6.45) is 2.38. The molecule has 6 amide bonds. The maximum absolute atomic E-state index is 14.0. The maximum Gasteiger partial charge on any atom is 0.264 e. The standard InChI is InChI=1S/C40H46ClN9O7/c1-23-20-30(51)35-33(23)36(46-22-45-35)48-16-18-49(19-17-48)38(55)27(24-6-8-25(41)9-7-24)21-42-15-12-31(52)44-14-3-13-43-28-5-2-4-26-34(28)40(57)50(39(26)56)29-10-11-32(53)47-37(29)54/h2,4-9,22-23,27,29-30,42-43,51H,3,10-21H2,1H3,(H,44,52)(H,47,53,54). The predicted octanol–water partition coefficient (Wildman–Crippen LogP) is 2.10. The van der Waals surface area contributed by atoms with Crippen LogP contribution >= 0.6 is 11.6 Å². The number of aliphatic hydroxyl groups is 1. The number of carbonyl (C=O) groups excluding carboxylic acids is 6. The van der Waals surface area contributed by atoms with Gasteiger partial charge in [0.2, 0.25) is 23.6 Å². The minimum Gasteiger partial charge on any atom is -0.387 e. The van der Waals surface area contributed by atoms with E-state index >= 15 is 0 Å². The van der Waals surface area contributed by atoms with Crippen LogP contribution in [-0.2, 0) is 19.2 Å². The number of rotatable bonds is 14. The zero-order valence-electron chi connectivity index (χ0n) is 31.6. The summed E-state index contributed by atoms with van der Waals surface area (Å²) >= 11 is 6.17. The van der Waals surface area contributed by atoms with Gasteiger partial charge in [-0.1, -0.05) is 36.7 Å². The molecule has 16 nitrogen and oxygen atoms in total. The van der Waals surface area contributed by atoms with Crippen molar-refractivity contribution in [2.75, 3.05) is 62.6 Å². The van der Waals surface area contributed by atoms with Gasteiger partial charge in [-0.05, 0) is 55.0 Å². The van der Waals surface area contributed by atoms with Crippen LogP contribution in [0.25, 0.3) is 0 Å². The molecule has 0 spiro atoms. The molecule has 4 unspecified atom stereocenters. The number of piperidine rings is 1. The fourth-order valence-corrected chi connectivity index (χ4v) is 8.22. The number of carbonyl (C=O) groups is 6. The first-order valence-electron chi connectivity index (χ1n) is 19.4. The number of amides is 6. The Morgan fingerprint density at radius 3 is 2.51 bits per heavy atom. The summed E-state index contributed by atoms with van der Waals surface area (Å²) in [7, 11) is 0. The van der Waals surface area contributed by atoms with Crippen molar-refractivity contribution in [3.05, 3.63) is 81.8 Å². The lowest BCUT2D eigenvalue weighted by Gasteiger charge is -2.38. The van der Waals surface area contributed by atoms with Crippen LogP contribution in [-0.4, -0.2) is 119 Å². The van der Waals surface area contributed by atoms with Crippen molar-refractivity contribution in [1.82, 2.24) is 35.7 Å². The fourth-order valence-electron chi connectivity index (χ4n) is 8.09. The highest BCUT2D eigenvalue weighted by molar-refractivity contribution is 6.30. The van der Waals surface area contributed by atoms with Crippen molar-refractivity contribution >= 4 is 58.5 Å². The number of aromatic nitrogens is 2. The average molecular weight is 800 g/mol. The molecule has 300 valence electrons. The highest BCUT2D eigenvalue weighted by Gasteiger charge is 2.45. The molecule has 3 aliphatic heterocycles. The van der Waals surface area contributed by atoms with Crippen molar-refractivity contribution < 1.29 is 33.9 Å². The number of imide groups is 2. The van der Waals surface area contributed by atoms with Crippen LogP contribution in [0.5, 0.6) is 0 Å². The molecule has 3 aromatic rings. The SMILES string of the molecule is CC1CC(O)c2ncnc(N3CCN(C(=O)C(CNCCC(=O)NCCCNc4cccc5c4C(=O)N(C4CCC(=O)NC4=O)C5=O)c4ccc(Cl)cc4)CC3)c21. The number of piperazine rings is 1. The Morgan fingerprint density at radius 2 is 1.75 bits per heavy atom. The van der Waals surface area contributed by atoms with Crippen LogP contribution in [0.4, 0.5) is 11.5 Å². The summed E-state index contributed by atoms with van der Waals surface area (Å²) < 4.78 is 0. The Kier molecular flexibility index (Phi) is 12.1. The van der Waals surface area contributed by atoms with E-state index in [0.29, 0.717) is 81.6 Å². The van der Waals surface area contributed by atoms with Gasteiger partial charge in [-0.15, -0.1) is 0 Å². The topological polar surface area (TPSA) is 206 Å². The molecule has 2 aromatic carbocycles. The molecule has 4 heterocycles. The van der Waals surface area contributed by atoms with E-state index in [-0.39, 0.29) is 48.1 Å². The first kappa shape index (κ1) is 39.8. The number of aliphatic hydroxyl groups excluding tert-OH is 1. The number of anilines is 2. The minimum atomic E-state index is -1.04. The van der Waals surface area contributed by atoms with E-state index in [4.69, 9.17) is 11.6 Å². The molecule has 4 atom stereocenters. The van der Waals surface area contributed by atoms with Gasteiger partial charge in [0.05, 0.1) is 28.8 Å². The number of benzene rings is 2. The number of hydrogen-bond donors (Lipinski definition) is 5. The highest BCUT2D eigenvalue weighted by atomic mass is 35.5. The highest BCUT2D eigenvalue weighted by Crippen LogP contribution is 2.43. The Labute approximate surface area is 334 Å². The third-order valence-corrected chi connectivity index (χ3v) is 11.3. The molecular formula is C40H46ClN9O7. The van der Waals surface area contributed by atoms with Crippen molar-refractivity contribution in [3.63, 3.8) is 0 Å². The van der Waals surface area contributed by atoms with Gasteiger partial charge in [-0.2, -0.15) is 0 Å². The second kappa shape index (κ2) is 17.4. The zero-order chi connectivity index (χ0) is 40.2. The number of nitrogens with one attached hydrogen (secondary N) is 4. The molecule has 17 heteroatoms.